The van der Waals surface area contributed by atoms with E-state index in [0.29, 0.717) is 10.9 Å². The van der Waals surface area contributed by atoms with Gasteiger partial charge in [0.2, 0.25) is 17.6 Å². The summed E-state index contributed by atoms with van der Waals surface area (Å²) in [6.07, 6.45) is -0.515. The Morgan fingerprint density at radius 3 is 2.43 bits per heavy atom. The van der Waals surface area contributed by atoms with Gasteiger partial charge in [-0.15, -0.1) is 10.2 Å². The predicted molar refractivity (Wildman–Crippen MR) is 138 cm³/mol. The first-order valence-electron chi connectivity index (χ1n) is 12.9. The number of hydrogen-bond donors (Lipinski definition) is 0. The molecule has 2 atom stereocenters. The number of nitrogens with zero attached hydrogens (tertiary/aromatic N) is 5. The van der Waals surface area contributed by atoms with Gasteiger partial charge < -0.3 is 18.7 Å². The van der Waals surface area contributed by atoms with Crippen molar-refractivity contribution in [3.63, 3.8) is 0 Å². The molecule has 15 heteroatoms. The Kier molecular flexibility index (Phi) is 5.91. The SMILES string of the molecule is O=C(c1onc2ccccc12)N1C[C@H](c2nnc(C(F)(F)c3ccc(Cl)c(Cl)c3)o2)C2(C1)CN(C(=O)C1CC1(F)F)C2. The molecule has 0 radical (unpaired) electrons. The highest BCUT2D eigenvalue weighted by Crippen LogP contribution is 2.54. The van der Waals surface area contributed by atoms with E-state index in [4.69, 9.17) is 32.1 Å². The molecule has 3 fully saturated rings. The van der Waals surface area contributed by atoms with Crippen LogP contribution in [0.15, 0.2) is 51.4 Å². The summed E-state index contributed by atoms with van der Waals surface area (Å²) >= 11 is 11.8. The quantitative estimate of drug-likeness (QED) is 0.275. The number of benzene rings is 2. The van der Waals surface area contributed by atoms with E-state index in [1.807, 2.05) is 0 Å². The van der Waals surface area contributed by atoms with Gasteiger partial charge in [-0.1, -0.05) is 46.6 Å². The molecule has 1 saturated carbocycles. The summed E-state index contributed by atoms with van der Waals surface area (Å²) in [6.45, 7) is 0.0442. The van der Waals surface area contributed by atoms with Crippen LogP contribution in [-0.4, -0.2) is 69.1 Å². The van der Waals surface area contributed by atoms with Gasteiger partial charge in [0.1, 0.15) is 11.4 Å². The van der Waals surface area contributed by atoms with Crippen molar-refractivity contribution in [2.24, 2.45) is 11.3 Å². The summed E-state index contributed by atoms with van der Waals surface area (Å²) in [4.78, 5) is 28.9. The molecule has 4 heterocycles. The van der Waals surface area contributed by atoms with Gasteiger partial charge in [-0.05, 0) is 24.3 Å². The number of rotatable bonds is 5. The fraction of sp³-hybridized carbons (Fsp3) is 0.370. The topological polar surface area (TPSA) is 106 Å². The van der Waals surface area contributed by atoms with Crippen molar-refractivity contribution in [2.75, 3.05) is 26.2 Å². The molecule has 218 valence electrons. The third-order valence-corrected chi connectivity index (χ3v) is 8.99. The van der Waals surface area contributed by atoms with E-state index in [2.05, 4.69) is 15.4 Å². The van der Waals surface area contributed by atoms with Gasteiger partial charge in [0.15, 0.2) is 0 Å². The maximum Gasteiger partial charge on any atom is 0.349 e. The van der Waals surface area contributed by atoms with Crippen molar-refractivity contribution in [3.05, 3.63) is 75.6 Å². The van der Waals surface area contributed by atoms with Gasteiger partial charge in [-0.25, -0.2) is 8.78 Å². The maximum absolute atomic E-state index is 15.4. The largest absolute Gasteiger partial charge is 0.419 e. The highest BCUT2D eigenvalue weighted by molar-refractivity contribution is 6.42. The van der Waals surface area contributed by atoms with Gasteiger partial charge in [-0.2, -0.15) is 8.78 Å². The van der Waals surface area contributed by atoms with Gasteiger partial charge in [-0.3, -0.25) is 9.59 Å². The Hall–Kier alpha value is -3.71. The number of likely N-dealkylation sites (tertiary alicyclic amines) is 2. The van der Waals surface area contributed by atoms with Gasteiger partial charge in [0, 0.05) is 43.6 Å². The number of halogens is 6. The Balaban J connectivity index is 1.19. The summed E-state index contributed by atoms with van der Waals surface area (Å²) < 4.78 is 68.8. The Labute approximate surface area is 244 Å². The number of aromatic nitrogens is 3. The molecule has 2 aromatic carbocycles. The minimum absolute atomic E-state index is 0.00487. The highest BCUT2D eigenvalue weighted by atomic mass is 35.5. The van der Waals surface area contributed by atoms with Crippen LogP contribution in [0.5, 0.6) is 0 Å². The van der Waals surface area contributed by atoms with Crippen LogP contribution >= 0.6 is 23.2 Å². The Morgan fingerprint density at radius 2 is 1.71 bits per heavy atom. The average molecular weight is 624 g/mol. The van der Waals surface area contributed by atoms with E-state index in [9.17, 15) is 18.4 Å². The molecule has 42 heavy (non-hydrogen) atoms. The number of carbonyl (C=O) groups excluding carboxylic acids is 2. The summed E-state index contributed by atoms with van der Waals surface area (Å²) in [6, 6.07) is 10.1. The minimum Gasteiger partial charge on any atom is -0.419 e. The van der Waals surface area contributed by atoms with Crippen LogP contribution in [0.1, 0.15) is 40.2 Å². The van der Waals surface area contributed by atoms with Crippen molar-refractivity contribution in [1.29, 1.82) is 0 Å². The van der Waals surface area contributed by atoms with E-state index >= 15 is 8.78 Å². The van der Waals surface area contributed by atoms with E-state index in [-0.39, 0.29) is 47.9 Å². The second-order valence-electron chi connectivity index (χ2n) is 11.0. The molecule has 0 N–H and O–H groups in total. The zero-order valence-corrected chi connectivity index (χ0v) is 22.9. The summed E-state index contributed by atoms with van der Waals surface area (Å²) in [5.74, 6) is -11.3. The smallest absolute Gasteiger partial charge is 0.349 e. The Morgan fingerprint density at radius 1 is 1.00 bits per heavy atom. The normalized spacial score (nSPS) is 22.5. The van der Waals surface area contributed by atoms with Gasteiger partial charge in [0.05, 0.1) is 21.3 Å². The summed E-state index contributed by atoms with van der Waals surface area (Å²) in [5, 5.41) is 11.9. The second-order valence-corrected chi connectivity index (χ2v) is 11.8. The molecule has 3 aliphatic rings. The number of alkyl halides is 4. The Bertz CT molecular complexity index is 1750. The average Bonchev–Trinajstić information content (AvgIpc) is 3.40. The molecule has 4 aromatic rings. The molecular formula is C27H19Cl2F4N5O4. The van der Waals surface area contributed by atoms with E-state index in [1.165, 1.54) is 15.9 Å². The molecule has 2 aliphatic heterocycles. The molecule has 9 nitrogen and oxygen atoms in total. The van der Waals surface area contributed by atoms with Crippen LogP contribution in [-0.2, 0) is 10.7 Å². The van der Waals surface area contributed by atoms with Crippen LogP contribution in [0.25, 0.3) is 10.9 Å². The van der Waals surface area contributed by atoms with Crippen molar-refractivity contribution < 1.29 is 36.1 Å². The summed E-state index contributed by atoms with van der Waals surface area (Å²) in [5.41, 5.74) is -0.940. The predicted octanol–water partition coefficient (Wildman–Crippen LogP) is 5.38. The number of carbonyl (C=O) groups is 2. The van der Waals surface area contributed by atoms with Crippen molar-refractivity contribution in [2.45, 2.75) is 24.2 Å². The standard InChI is InChI=1S/C27H19Cl2F4N5O4/c28-17-6-5-13(7-18(17)29)27(32,33)24-35-34-21(41-24)16-9-37(23(40)20-14-3-1-2-4-19(14)36-42-20)10-25(16)11-38(12-25)22(39)15-8-26(15,30)31/h1-7,15-16H,8-12H2/t15?,16-/m1/s1. The van der Waals surface area contributed by atoms with E-state index < -0.39 is 58.8 Å². The highest BCUT2D eigenvalue weighted by Gasteiger charge is 2.66. The molecule has 2 saturated heterocycles. The third kappa shape index (κ3) is 4.16. The molecular weight excluding hydrogens is 605 g/mol. The monoisotopic (exact) mass is 623 g/mol. The first-order valence-corrected chi connectivity index (χ1v) is 13.6. The first kappa shape index (κ1) is 27.1. The zero-order valence-electron chi connectivity index (χ0n) is 21.4. The molecule has 0 bridgehead atoms. The van der Waals surface area contributed by atoms with Crippen molar-refractivity contribution in [1.82, 2.24) is 25.2 Å². The fourth-order valence-electron chi connectivity index (χ4n) is 5.86. The molecule has 2 amide bonds. The van der Waals surface area contributed by atoms with Crippen molar-refractivity contribution in [3.8, 4) is 0 Å². The maximum atomic E-state index is 15.4. The first-order chi connectivity index (χ1) is 19.9. The zero-order chi connectivity index (χ0) is 29.6. The van der Waals surface area contributed by atoms with Crippen LogP contribution in [0, 0.1) is 11.3 Å². The lowest BCUT2D eigenvalue weighted by molar-refractivity contribution is -0.147. The molecule has 7 rings (SSSR count). The van der Waals surface area contributed by atoms with Crippen LogP contribution in [0.2, 0.25) is 10.0 Å². The van der Waals surface area contributed by atoms with E-state index in [1.54, 1.807) is 24.3 Å². The van der Waals surface area contributed by atoms with Crippen LogP contribution < -0.4 is 0 Å². The lowest BCUT2D eigenvalue weighted by Gasteiger charge is -2.50. The van der Waals surface area contributed by atoms with Gasteiger partial charge >= 0.3 is 5.92 Å². The minimum atomic E-state index is -3.72. The third-order valence-electron chi connectivity index (χ3n) is 8.25. The van der Waals surface area contributed by atoms with Crippen LogP contribution in [0.3, 0.4) is 0 Å². The number of fused-ring (bicyclic) bond motifs is 1. The van der Waals surface area contributed by atoms with E-state index in [0.717, 1.165) is 12.1 Å². The number of amides is 2. The molecule has 2 aromatic heterocycles. The fourth-order valence-corrected chi connectivity index (χ4v) is 6.16. The lowest BCUT2D eigenvalue weighted by Crippen LogP contribution is -2.62. The summed E-state index contributed by atoms with van der Waals surface area (Å²) in [7, 11) is 0. The van der Waals surface area contributed by atoms with Crippen LogP contribution in [0.4, 0.5) is 17.6 Å². The number of hydrogen-bond acceptors (Lipinski definition) is 7. The van der Waals surface area contributed by atoms with Crippen molar-refractivity contribution >= 4 is 45.9 Å². The molecule has 1 spiro atoms. The molecule has 1 aliphatic carbocycles. The second kappa shape index (κ2) is 9.14. The molecule has 1 unspecified atom stereocenters. The van der Waals surface area contributed by atoms with Gasteiger partial charge in [0.25, 0.3) is 17.7 Å². The lowest BCUT2D eigenvalue weighted by atomic mass is 9.71.